The minimum atomic E-state index is -0.693. The zero-order chi connectivity index (χ0) is 13.9. The van der Waals surface area contributed by atoms with Crippen molar-refractivity contribution >= 4 is 11.6 Å². The molecule has 18 heavy (non-hydrogen) atoms. The van der Waals surface area contributed by atoms with Gasteiger partial charge in [0.15, 0.2) is 0 Å². The second kappa shape index (κ2) is 5.94. The highest BCUT2D eigenvalue weighted by atomic mass is 35.5. The maximum Gasteiger partial charge on any atom is 0.122 e. The molecule has 1 aromatic rings. The Morgan fingerprint density at radius 1 is 1.33 bits per heavy atom. The summed E-state index contributed by atoms with van der Waals surface area (Å²) in [6.45, 7) is 10.3. The molecule has 3 heteroatoms. The second-order valence-corrected chi connectivity index (χ2v) is 6.11. The van der Waals surface area contributed by atoms with E-state index in [-0.39, 0.29) is 0 Å². The van der Waals surface area contributed by atoms with Crippen molar-refractivity contribution in [1.29, 1.82) is 0 Å². The molecule has 2 nitrogen and oxygen atoms in total. The summed E-state index contributed by atoms with van der Waals surface area (Å²) in [4.78, 5) is 0. The Kier molecular flexibility index (Phi) is 5.06. The summed E-state index contributed by atoms with van der Waals surface area (Å²) in [7, 11) is 0. The van der Waals surface area contributed by atoms with E-state index in [1.54, 1.807) is 13.8 Å². The van der Waals surface area contributed by atoms with Gasteiger partial charge in [0, 0.05) is 11.4 Å². The van der Waals surface area contributed by atoms with Crippen molar-refractivity contribution in [2.24, 2.45) is 0 Å². The molecule has 0 aromatic heterocycles. The SMILES string of the molecule is Cc1cc(Cl)c(C(C)C)cc1OCCC(C)(C)O. The molecule has 0 unspecified atom stereocenters. The van der Waals surface area contributed by atoms with Crippen LogP contribution in [0, 0.1) is 6.92 Å². The van der Waals surface area contributed by atoms with Crippen molar-refractivity contribution < 1.29 is 9.84 Å². The molecule has 0 aliphatic rings. The molecule has 1 rings (SSSR count). The van der Waals surface area contributed by atoms with Crippen molar-refractivity contribution in [3.8, 4) is 5.75 Å². The van der Waals surface area contributed by atoms with E-state index < -0.39 is 5.60 Å². The third kappa shape index (κ3) is 4.51. The zero-order valence-corrected chi connectivity index (χ0v) is 12.6. The van der Waals surface area contributed by atoms with Gasteiger partial charge in [-0.2, -0.15) is 0 Å². The predicted molar refractivity (Wildman–Crippen MR) is 76.7 cm³/mol. The number of aryl methyl sites for hydroxylation is 1. The number of halogens is 1. The van der Waals surface area contributed by atoms with Gasteiger partial charge in [-0.15, -0.1) is 0 Å². The molecule has 0 heterocycles. The van der Waals surface area contributed by atoms with E-state index in [1.165, 1.54) is 0 Å². The van der Waals surface area contributed by atoms with E-state index in [4.69, 9.17) is 16.3 Å². The number of ether oxygens (including phenoxy) is 1. The van der Waals surface area contributed by atoms with Gasteiger partial charge in [0.1, 0.15) is 5.75 Å². The number of aliphatic hydroxyl groups is 1. The highest BCUT2D eigenvalue weighted by Gasteiger charge is 2.14. The Balaban J connectivity index is 2.80. The molecule has 102 valence electrons. The van der Waals surface area contributed by atoms with Crippen LogP contribution in [0.4, 0.5) is 0 Å². The third-order valence-electron chi connectivity index (χ3n) is 2.89. The molecule has 0 aliphatic heterocycles. The van der Waals surface area contributed by atoms with E-state index in [2.05, 4.69) is 13.8 Å². The van der Waals surface area contributed by atoms with Crippen LogP contribution in [0.5, 0.6) is 5.75 Å². The summed E-state index contributed by atoms with van der Waals surface area (Å²) < 4.78 is 5.74. The maximum atomic E-state index is 9.65. The van der Waals surface area contributed by atoms with Crippen LogP contribution in [0.2, 0.25) is 5.02 Å². The number of hydrogen-bond acceptors (Lipinski definition) is 2. The Labute approximate surface area is 115 Å². The quantitative estimate of drug-likeness (QED) is 0.864. The summed E-state index contributed by atoms with van der Waals surface area (Å²) in [6.07, 6.45) is 0.603. The van der Waals surface area contributed by atoms with Gasteiger partial charge in [0.2, 0.25) is 0 Å². The first kappa shape index (κ1) is 15.3. The van der Waals surface area contributed by atoms with Crippen molar-refractivity contribution in [2.45, 2.75) is 52.6 Å². The van der Waals surface area contributed by atoms with Gasteiger partial charge in [0.25, 0.3) is 0 Å². The topological polar surface area (TPSA) is 29.5 Å². The van der Waals surface area contributed by atoms with E-state index in [0.717, 1.165) is 21.9 Å². The van der Waals surface area contributed by atoms with Crippen LogP contribution in [-0.2, 0) is 0 Å². The fourth-order valence-electron chi connectivity index (χ4n) is 1.68. The van der Waals surface area contributed by atoms with Gasteiger partial charge in [-0.05, 0) is 49.9 Å². The van der Waals surface area contributed by atoms with Crippen LogP contribution in [0.3, 0.4) is 0 Å². The van der Waals surface area contributed by atoms with Crippen LogP contribution in [-0.4, -0.2) is 17.3 Å². The lowest BCUT2D eigenvalue weighted by atomic mass is 10.0. The number of hydrogen-bond donors (Lipinski definition) is 1. The Morgan fingerprint density at radius 3 is 2.44 bits per heavy atom. The first-order chi connectivity index (χ1) is 8.20. The molecule has 0 atom stereocenters. The first-order valence-electron chi connectivity index (χ1n) is 6.36. The summed E-state index contributed by atoms with van der Waals surface area (Å²) >= 11 is 6.21. The van der Waals surface area contributed by atoms with Gasteiger partial charge in [-0.3, -0.25) is 0 Å². The van der Waals surface area contributed by atoms with Gasteiger partial charge in [-0.1, -0.05) is 25.4 Å². The van der Waals surface area contributed by atoms with E-state index in [0.29, 0.717) is 18.9 Å². The molecule has 0 amide bonds. The van der Waals surface area contributed by atoms with Crippen LogP contribution in [0.25, 0.3) is 0 Å². The van der Waals surface area contributed by atoms with Crippen LogP contribution >= 0.6 is 11.6 Å². The molecule has 0 saturated carbocycles. The average Bonchev–Trinajstić information content (AvgIpc) is 2.18. The Bertz CT molecular complexity index is 406. The monoisotopic (exact) mass is 270 g/mol. The van der Waals surface area contributed by atoms with Gasteiger partial charge in [0.05, 0.1) is 12.2 Å². The standard InChI is InChI=1S/C15H23ClO2/c1-10(2)12-9-14(11(3)8-13(12)16)18-7-6-15(4,5)17/h8-10,17H,6-7H2,1-5H3. The second-order valence-electron chi connectivity index (χ2n) is 5.70. The van der Waals surface area contributed by atoms with Crippen LogP contribution in [0.1, 0.15) is 51.2 Å². The minimum absolute atomic E-state index is 0.370. The van der Waals surface area contributed by atoms with Crippen LogP contribution < -0.4 is 4.74 Å². The third-order valence-corrected chi connectivity index (χ3v) is 3.22. The van der Waals surface area contributed by atoms with E-state index in [1.807, 2.05) is 19.1 Å². The van der Waals surface area contributed by atoms with Crippen molar-refractivity contribution in [1.82, 2.24) is 0 Å². The smallest absolute Gasteiger partial charge is 0.122 e. The normalized spacial score (nSPS) is 12.0. The molecule has 0 fully saturated rings. The fraction of sp³-hybridized carbons (Fsp3) is 0.600. The van der Waals surface area contributed by atoms with Gasteiger partial charge in [-0.25, -0.2) is 0 Å². The molecule has 0 spiro atoms. The average molecular weight is 271 g/mol. The molecule has 1 aromatic carbocycles. The fourth-order valence-corrected chi connectivity index (χ4v) is 2.11. The van der Waals surface area contributed by atoms with Gasteiger partial charge < -0.3 is 9.84 Å². The predicted octanol–water partition coefficient (Wildman–Crippen LogP) is 4.31. The van der Waals surface area contributed by atoms with Crippen molar-refractivity contribution in [2.75, 3.05) is 6.61 Å². The van der Waals surface area contributed by atoms with E-state index >= 15 is 0 Å². The van der Waals surface area contributed by atoms with Gasteiger partial charge >= 0.3 is 0 Å². The Morgan fingerprint density at radius 2 is 1.94 bits per heavy atom. The van der Waals surface area contributed by atoms with E-state index in [9.17, 15) is 5.11 Å². The van der Waals surface area contributed by atoms with Crippen LogP contribution in [0.15, 0.2) is 12.1 Å². The highest BCUT2D eigenvalue weighted by molar-refractivity contribution is 6.31. The number of benzene rings is 1. The lowest BCUT2D eigenvalue weighted by Crippen LogP contribution is -2.22. The minimum Gasteiger partial charge on any atom is -0.493 e. The summed E-state index contributed by atoms with van der Waals surface area (Å²) in [5, 5.41) is 10.4. The summed E-state index contributed by atoms with van der Waals surface area (Å²) in [5.41, 5.74) is 1.43. The zero-order valence-electron chi connectivity index (χ0n) is 11.9. The molecule has 0 radical (unpaired) electrons. The summed E-state index contributed by atoms with van der Waals surface area (Å²) in [5.74, 6) is 1.22. The van der Waals surface area contributed by atoms with Crippen molar-refractivity contribution in [3.63, 3.8) is 0 Å². The Hall–Kier alpha value is -0.730. The molecule has 1 N–H and O–H groups in total. The molecule has 0 aliphatic carbocycles. The molecular formula is C15H23ClO2. The largest absolute Gasteiger partial charge is 0.493 e. The highest BCUT2D eigenvalue weighted by Crippen LogP contribution is 2.31. The first-order valence-corrected chi connectivity index (χ1v) is 6.73. The molecule has 0 bridgehead atoms. The molecule has 0 saturated heterocycles. The van der Waals surface area contributed by atoms with Crippen molar-refractivity contribution in [3.05, 3.63) is 28.3 Å². The molecular weight excluding hydrogens is 248 g/mol. The number of rotatable bonds is 5. The summed E-state index contributed by atoms with van der Waals surface area (Å²) in [6, 6.07) is 3.95. The lowest BCUT2D eigenvalue weighted by Gasteiger charge is -2.19. The lowest BCUT2D eigenvalue weighted by molar-refractivity contribution is 0.0552. The maximum absolute atomic E-state index is 9.65.